The lowest BCUT2D eigenvalue weighted by molar-refractivity contribution is 0.590. The van der Waals surface area contributed by atoms with Gasteiger partial charge in [-0.15, -0.1) is 0 Å². The molecule has 3 rings (SSSR count). The molecule has 4 nitrogen and oxygen atoms in total. The summed E-state index contributed by atoms with van der Waals surface area (Å²) in [7, 11) is 0. The zero-order chi connectivity index (χ0) is 14.3. The minimum atomic E-state index is 0.162. The molecule has 2 heterocycles. The number of nitrogens with two attached hydrogens (primary N) is 1. The van der Waals surface area contributed by atoms with Crippen molar-refractivity contribution in [1.29, 1.82) is 0 Å². The van der Waals surface area contributed by atoms with Crippen LogP contribution in [0.4, 0.5) is 5.95 Å². The Morgan fingerprint density at radius 1 is 1.05 bits per heavy atom. The van der Waals surface area contributed by atoms with Gasteiger partial charge in [0.2, 0.25) is 5.95 Å². The zero-order valence-corrected chi connectivity index (χ0v) is 12.0. The molecule has 20 heavy (non-hydrogen) atoms. The molecule has 0 spiro atoms. The molecule has 2 N–H and O–H groups in total. The van der Waals surface area contributed by atoms with E-state index in [4.69, 9.17) is 5.73 Å². The van der Waals surface area contributed by atoms with Crippen LogP contribution >= 0.6 is 0 Å². The average molecular weight is 266 g/mol. The monoisotopic (exact) mass is 266 g/mol. The van der Waals surface area contributed by atoms with Gasteiger partial charge in [-0.1, -0.05) is 32.9 Å². The molecule has 0 aliphatic rings. The molecule has 0 aliphatic carbocycles. The molecule has 0 aliphatic heterocycles. The Morgan fingerprint density at radius 2 is 1.75 bits per heavy atom. The zero-order valence-electron chi connectivity index (χ0n) is 12.0. The fourth-order valence-corrected chi connectivity index (χ4v) is 2.28. The molecule has 0 unspecified atom stereocenters. The third-order valence-corrected chi connectivity index (χ3v) is 3.47. The fourth-order valence-electron chi connectivity index (χ4n) is 2.28. The summed E-state index contributed by atoms with van der Waals surface area (Å²) in [6, 6.07) is 10.5. The number of benzene rings is 1. The Labute approximate surface area is 118 Å². The van der Waals surface area contributed by atoms with Crippen LogP contribution < -0.4 is 5.73 Å². The van der Waals surface area contributed by atoms with Gasteiger partial charge in [-0.05, 0) is 29.2 Å². The highest BCUT2D eigenvalue weighted by Gasteiger charge is 2.13. The summed E-state index contributed by atoms with van der Waals surface area (Å²) >= 11 is 0. The molecule has 0 atom stereocenters. The van der Waals surface area contributed by atoms with Crippen molar-refractivity contribution < 1.29 is 0 Å². The van der Waals surface area contributed by atoms with E-state index in [1.165, 1.54) is 5.56 Å². The second-order valence-electron chi connectivity index (χ2n) is 5.98. The van der Waals surface area contributed by atoms with Gasteiger partial charge in [-0.2, -0.15) is 0 Å². The number of nitrogen functional groups attached to an aromatic ring is 1. The van der Waals surface area contributed by atoms with Gasteiger partial charge in [-0.25, -0.2) is 9.97 Å². The molecule has 2 aromatic heterocycles. The van der Waals surface area contributed by atoms with Gasteiger partial charge in [-0.3, -0.25) is 0 Å². The number of hydrogen-bond donors (Lipinski definition) is 1. The maximum Gasteiger partial charge on any atom is 0.220 e. The smallest absolute Gasteiger partial charge is 0.220 e. The van der Waals surface area contributed by atoms with Crippen LogP contribution in [0.25, 0.3) is 16.7 Å². The highest BCUT2D eigenvalue weighted by molar-refractivity contribution is 5.78. The van der Waals surface area contributed by atoms with Crippen LogP contribution in [-0.2, 0) is 5.41 Å². The largest absolute Gasteiger partial charge is 0.368 e. The minimum absolute atomic E-state index is 0.162. The summed E-state index contributed by atoms with van der Waals surface area (Å²) in [4.78, 5) is 8.29. The van der Waals surface area contributed by atoms with E-state index >= 15 is 0 Å². The molecule has 102 valence electrons. The van der Waals surface area contributed by atoms with E-state index in [9.17, 15) is 0 Å². The van der Waals surface area contributed by atoms with E-state index < -0.39 is 0 Å². The third-order valence-electron chi connectivity index (χ3n) is 3.47. The number of fused-ring (bicyclic) bond motifs is 1. The Hall–Kier alpha value is -2.36. The van der Waals surface area contributed by atoms with Gasteiger partial charge < -0.3 is 10.3 Å². The SMILES string of the molecule is CC(C)(C)c1ccc(-n2ccc3nc(N)ncc32)cc1. The Bertz CT molecular complexity index is 748. The van der Waals surface area contributed by atoms with Gasteiger partial charge >= 0.3 is 0 Å². The molecule has 1 aromatic carbocycles. The highest BCUT2D eigenvalue weighted by atomic mass is 15.0. The van der Waals surface area contributed by atoms with Crippen LogP contribution in [0.2, 0.25) is 0 Å². The average Bonchev–Trinajstić information content (AvgIpc) is 2.80. The summed E-state index contributed by atoms with van der Waals surface area (Å²) in [5, 5.41) is 0. The molecule has 0 saturated carbocycles. The highest BCUT2D eigenvalue weighted by Crippen LogP contribution is 2.24. The lowest BCUT2D eigenvalue weighted by Gasteiger charge is -2.19. The molecule has 0 saturated heterocycles. The van der Waals surface area contributed by atoms with Crippen LogP contribution in [0.15, 0.2) is 42.7 Å². The summed E-state index contributed by atoms with van der Waals surface area (Å²) in [5.74, 6) is 0.304. The quantitative estimate of drug-likeness (QED) is 0.735. The van der Waals surface area contributed by atoms with Crippen molar-refractivity contribution in [2.24, 2.45) is 0 Å². The van der Waals surface area contributed by atoms with Gasteiger partial charge in [0.05, 0.1) is 17.2 Å². The molecular weight excluding hydrogens is 248 g/mol. The first-order valence-electron chi connectivity index (χ1n) is 6.66. The van der Waals surface area contributed by atoms with Gasteiger partial charge in [0.1, 0.15) is 0 Å². The van der Waals surface area contributed by atoms with E-state index in [1.807, 2.05) is 12.3 Å². The first kappa shape index (κ1) is 12.7. The topological polar surface area (TPSA) is 56.7 Å². The summed E-state index contributed by atoms with van der Waals surface area (Å²) in [6.45, 7) is 6.64. The lowest BCUT2D eigenvalue weighted by atomic mass is 9.87. The molecule has 4 heteroatoms. The lowest BCUT2D eigenvalue weighted by Crippen LogP contribution is -2.10. The van der Waals surface area contributed by atoms with Crippen LogP contribution in [-0.4, -0.2) is 14.5 Å². The summed E-state index contributed by atoms with van der Waals surface area (Å²) in [6.07, 6.45) is 3.75. The van der Waals surface area contributed by atoms with Crippen molar-refractivity contribution in [3.63, 3.8) is 0 Å². The minimum Gasteiger partial charge on any atom is -0.368 e. The van der Waals surface area contributed by atoms with E-state index in [0.29, 0.717) is 5.95 Å². The predicted octanol–water partition coefficient (Wildman–Crippen LogP) is 3.30. The molecule has 0 radical (unpaired) electrons. The van der Waals surface area contributed by atoms with E-state index in [-0.39, 0.29) is 5.41 Å². The standard InChI is InChI=1S/C16H18N4/c1-16(2,3)11-4-6-12(7-5-11)20-9-8-13-14(20)10-18-15(17)19-13/h4-10H,1-3H3,(H2,17,18,19). The van der Waals surface area contributed by atoms with E-state index in [0.717, 1.165) is 16.7 Å². The van der Waals surface area contributed by atoms with Gasteiger partial charge in [0.15, 0.2) is 0 Å². The number of anilines is 1. The Morgan fingerprint density at radius 3 is 2.40 bits per heavy atom. The van der Waals surface area contributed by atoms with Gasteiger partial charge in [0.25, 0.3) is 0 Å². The first-order chi connectivity index (χ1) is 9.45. The van der Waals surface area contributed by atoms with E-state index in [1.54, 1.807) is 6.20 Å². The van der Waals surface area contributed by atoms with Crippen molar-refractivity contribution in [1.82, 2.24) is 14.5 Å². The molecular formula is C16H18N4. The fraction of sp³-hybridized carbons (Fsp3) is 0.250. The number of aromatic nitrogens is 3. The maximum atomic E-state index is 5.61. The van der Waals surface area contributed by atoms with Crippen molar-refractivity contribution in [2.75, 3.05) is 5.73 Å². The van der Waals surface area contributed by atoms with Crippen LogP contribution in [0.1, 0.15) is 26.3 Å². The first-order valence-corrected chi connectivity index (χ1v) is 6.66. The second kappa shape index (κ2) is 4.34. The molecule has 3 aromatic rings. The molecule has 0 fully saturated rings. The van der Waals surface area contributed by atoms with E-state index in [2.05, 4.69) is 59.6 Å². The van der Waals surface area contributed by atoms with Crippen molar-refractivity contribution in [3.05, 3.63) is 48.3 Å². The molecule has 0 amide bonds. The maximum absolute atomic E-state index is 5.61. The number of hydrogen-bond acceptors (Lipinski definition) is 3. The van der Waals surface area contributed by atoms with Crippen molar-refractivity contribution in [3.8, 4) is 5.69 Å². The third kappa shape index (κ3) is 2.13. The van der Waals surface area contributed by atoms with Crippen molar-refractivity contribution in [2.45, 2.75) is 26.2 Å². The Balaban J connectivity index is 2.07. The Kier molecular flexibility index (Phi) is 2.74. The number of nitrogens with zero attached hydrogens (tertiary/aromatic N) is 3. The van der Waals surface area contributed by atoms with Gasteiger partial charge in [0, 0.05) is 11.9 Å². The van der Waals surface area contributed by atoms with Crippen LogP contribution in [0, 0.1) is 0 Å². The normalized spacial score (nSPS) is 11.9. The second-order valence-corrected chi connectivity index (χ2v) is 5.98. The summed E-state index contributed by atoms with van der Waals surface area (Å²) < 4.78 is 2.07. The summed E-state index contributed by atoms with van der Waals surface area (Å²) in [5.41, 5.74) is 10.0. The van der Waals surface area contributed by atoms with Crippen molar-refractivity contribution >= 4 is 17.0 Å². The predicted molar refractivity (Wildman–Crippen MR) is 82.0 cm³/mol. The van der Waals surface area contributed by atoms with Crippen LogP contribution in [0.3, 0.4) is 0 Å². The van der Waals surface area contributed by atoms with Crippen LogP contribution in [0.5, 0.6) is 0 Å². The number of rotatable bonds is 1. The molecule has 0 bridgehead atoms.